The Morgan fingerprint density at radius 2 is 1.48 bits per heavy atom. The first kappa shape index (κ1) is 21.7. The summed E-state index contributed by atoms with van der Waals surface area (Å²) < 4.78 is 6.09. The SMILES string of the molecule is Cc1ccc(N2C(=O)c3oc4cc(C)c(C)cc4c(=O)c3C2c2ccc(Cl)c(Cl)c2)cc1C. The number of halogens is 2. The summed E-state index contributed by atoms with van der Waals surface area (Å²) in [4.78, 5) is 29.1. The molecule has 0 fully saturated rings. The van der Waals surface area contributed by atoms with Crippen LogP contribution in [-0.4, -0.2) is 5.91 Å². The van der Waals surface area contributed by atoms with E-state index >= 15 is 0 Å². The molecule has 1 atom stereocenters. The molecule has 4 nitrogen and oxygen atoms in total. The molecule has 1 aromatic heterocycles. The van der Waals surface area contributed by atoms with Crippen LogP contribution < -0.4 is 10.3 Å². The minimum Gasteiger partial charge on any atom is -0.450 e. The highest BCUT2D eigenvalue weighted by Crippen LogP contribution is 2.43. The fourth-order valence-corrected chi connectivity index (χ4v) is 4.67. The molecule has 0 radical (unpaired) electrons. The second-order valence-corrected chi connectivity index (χ2v) is 9.44. The molecule has 33 heavy (non-hydrogen) atoms. The molecule has 2 heterocycles. The number of amides is 1. The number of nitrogens with zero attached hydrogens (tertiary/aromatic N) is 1. The van der Waals surface area contributed by atoms with E-state index in [2.05, 4.69) is 0 Å². The molecule has 0 N–H and O–H groups in total. The van der Waals surface area contributed by atoms with Crippen molar-refractivity contribution >= 4 is 45.8 Å². The molecule has 0 aliphatic carbocycles. The zero-order valence-corrected chi connectivity index (χ0v) is 20.1. The van der Waals surface area contributed by atoms with Crippen LogP contribution in [0.5, 0.6) is 0 Å². The van der Waals surface area contributed by atoms with E-state index in [1.807, 2.05) is 58.0 Å². The topological polar surface area (TPSA) is 50.5 Å². The third-order valence-corrected chi connectivity index (χ3v) is 7.25. The van der Waals surface area contributed by atoms with Gasteiger partial charge in [0.25, 0.3) is 5.91 Å². The molecule has 1 aliphatic heterocycles. The average Bonchev–Trinajstić information content (AvgIpc) is 3.06. The Morgan fingerprint density at radius 3 is 2.18 bits per heavy atom. The molecule has 166 valence electrons. The van der Waals surface area contributed by atoms with Gasteiger partial charge in [-0.05, 0) is 91.9 Å². The highest BCUT2D eigenvalue weighted by Gasteiger charge is 2.44. The summed E-state index contributed by atoms with van der Waals surface area (Å²) in [5.74, 6) is -0.299. The second-order valence-electron chi connectivity index (χ2n) is 8.63. The zero-order valence-electron chi connectivity index (χ0n) is 18.6. The van der Waals surface area contributed by atoms with Gasteiger partial charge >= 0.3 is 0 Å². The summed E-state index contributed by atoms with van der Waals surface area (Å²) in [6, 6.07) is 13.9. The predicted molar refractivity (Wildman–Crippen MR) is 133 cm³/mol. The molecule has 0 saturated carbocycles. The van der Waals surface area contributed by atoms with Crippen molar-refractivity contribution in [2.75, 3.05) is 4.90 Å². The van der Waals surface area contributed by atoms with Gasteiger partial charge in [0.2, 0.25) is 5.76 Å². The van der Waals surface area contributed by atoms with Crippen LogP contribution in [0.3, 0.4) is 0 Å². The molecule has 5 rings (SSSR count). The maximum Gasteiger partial charge on any atom is 0.295 e. The van der Waals surface area contributed by atoms with E-state index in [0.29, 0.717) is 37.8 Å². The largest absolute Gasteiger partial charge is 0.450 e. The monoisotopic (exact) mass is 477 g/mol. The first-order valence-corrected chi connectivity index (χ1v) is 11.4. The number of carbonyl (C=O) groups is 1. The Morgan fingerprint density at radius 1 is 0.788 bits per heavy atom. The lowest BCUT2D eigenvalue weighted by Gasteiger charge is -2.26. The quantitative estimate of drug-likeness (QED) is 0.309. The van der Waals surface area contributed by atoms with Gasteiger partial charge in [-0.3, -0.25) is 14.5 Å². The van der Waals surface area contributed by atoms with Crippen molar-refractivity contribution in [3.63, 3.8) is 0 Å². The molecule has 0 spiro atoms. The van der Waals surface area contributed by atoms with Gasteiger partial charge in [-0.25, -0.2) is 0 Å². The summed E-state index contributed by atoms with van der Waals surface area (Å²) in [6.45, 7) is 7.90. The number of rotatable bonds is 2. The zero-order chi connectivity index (χ0) is 23.6. The standard InChI is InChI=1S/C27H21Cl2NO3/c1-13-5-7-18(9-14(13)2)30-24(17-6-8-20(28)21(29)12-17)23-25(31)19-10-15(3)16(4)11-22(19)33-26(23)27(30)32/h5-12,24H,1-4H3. The maximum atomic E-state index is 13.8. The lowest BCUT2D eigenvalue weighted by molar-refractivity contribution is 0.0971. The summed E-state index contributed by atoms with van der Waals surface area (Å²) in [7, 11) is 0. The number of anilines is 1. The van der Waals surface area contributed by atoms with Gasteiger partial charge in [0.05, 0.1) is 27.0 Å². The van der Waals surface area contributed by atoms with Gasteiger partial charge in [0.15, 0.2) is 5.43 Å². The Kier molecular flexibility index (Phi) is 5.11. The average molecular weight is 478 g/mol. The van der Waals surface area contributed by atoms with Crippen molar-refractivity contribution in [3.8, 4) is 0 Å². The van der Waals surface area contributed by atoms with Crippen molar-refractivity contribution in [1.82, 2.24) is 0 Å². The Hall–Kier alpha value is -3.08. The normalized spacial score (nSPS) is 15.4. The smallest absolute Gasteiger partial charge is 0.295 e. The molecular weight excluding hydrogens is 457 g/mol. The summed E-state index contributed by atoms with van der Waals surface area (Å²) in [5.41, 5.74) is 5.99. The lowest BCUT2D eigenvalue weighted by atomic mass is 9.97. The molecule has 0 bridgehead atoms. The van der Waals surface area contributed by atoms with E-state index < -0.39 is 6.04 Å². The van der Waals surface area contributed by atoms with E-state index in [-0.39, 0.29) is 17.1 Å². The molecule has 1 aliphatic rings. The van der Waals surface area contributed by atoms with Gasteiger partial charge in [0, 0.05) is 5.69 Å². The van der Waals surface area contributed by atoms with Gasteiger partial charge in [0.1, 0.15) is 5.58 Å². The molecule has 1 amide bonds. The fraction of sp³-hybridized carbons (Fsp3) is 0.185. The number of fused-ring (bicyclic) bond motifs is 2. The van der Waals surface area contributed by atoms with Crippen LogP contribution in [0.25, 0.3) is 11.0 Å². The fourth-order valence-electron chi connectivity index (χ4n) is 4.37. The van der Waals surface area contributed by atoms with Crippen molar-refractivity contribution in [3.05, 3.63) is 108 Å². The third kappa shape index (κ3) is 3.36. The number of hydrogen-bond donors (Lipinski definition) is 0. The number of hydrogen-bond acceptors (Lipinski definition) is 3. The van der Waals surface area contributed by atoms with E-state index in [0.717, 1.165) is 22.3 Å². The summed E-state index contributed by atoms with van der Waals surface area (Å²) in [5, 5.41) is 1.21. The number of carbonyl (C=O) groups excluding carboxylic acids is 1. The first-order valence-electron chi connectivity index (χ1n) is 10.6. The minimum atomic E-state index is -0.688. The number of benzene rings is 3. The predicted octanol–water partition coefficient (Wildman–Crippen LogP) is 7.08. The van der Waals surface area contributed by atoms with Crippen molar-refractivity contribution < 1.29 is 9.21 Å². The van der Waals surface area contributed by atoms with E-state index in [1.165, 1.54) is 0 Å². The maximum absolute atomic E-state index is 13.8. The van der Waals surface area contributed by atoms with Crippen LogP contribution in [0.2, 0.25) is 10.0 Å². The van der Waals surface area contributed by atoms with Crippen LogP contribution in [0, 0.1) is 27.7 Å². The van der Waals surface area contributed by atoms with E-state index in [1.54, 1.807) is 23.1 Å². The van der Waals surface area contributed by atoms with Crippen LogP contribution in [0.4, 0.5) is 5.69 Å². The van der Waals surface area contributed by atoms with E-state index in [9.17, 15) is 9.59 Å². The van der Waals surface area contributed by atoms with Gasteiger partial charge in [-0.2, -0.15) is 0 Å². The molecule has 1 unspecified atom stereocenters. The summed E-state index contributed by atoms with van der Waals surface area (Å²) in [6.07, 6.45) is 0. The van der Waals surface area contributed by atoms with Gasteiger partial charge in [-0.15, -0.1) is 0 Å². The van der Waals surface area contributed by atoms with Crippen molar-refractivity contribution in [2.45, 2.75) is 33.7 Å². The number of aryl methyl sites for hydroxylation is 4. The molecular formula is C27H21Cl2NO3. The van der Waals surface area contributed by atoms with Crippen LogP contribution in [-0.2, 0) is 0 Å². The molecule has 6 heteroatoms. The molecule has 4 aromatic rings. The van der Waals surface area contributed by atoms with Crippen LogP contribution in [0.15, 0.2) is 57.7 Å². The third-order valence-electron chi connectivity index (χ3n) is 6.51. The van der Waals surface area contributed by atoms with Crippen molar-refractivity contribution in [1.29, 1.82) is 0 Å². The van der Waals surface area contributed by atoms with Crippen molar-refractivity contribution in [2.24, 2.45) is 0 Å². The van der Waals surface area contributed by atoms with Crippen LogP contribution >= 0.6 is 23.2 Å². The minimum absolute atomic E-state index is 0.0602. The molecule has 3 aromatic carbocycles. The Bertz CT molecular complexity index is 1540. The van der Waals surface area contributed by atoms with Crippen LogP contribution in [0.1, 0.15) is 50.0 Å². The highest BCUT2D eigenvalue weighted by molar-refractivity contribution is 6.42. The molecule has 0 saturated heterocycles. The lowest BCUT2D eigenvalue weighted by Crippen LogP contribution is -2.29. The Labute approximate surface area is 201 Å². The highest BCUT2D eigenvalue weighted by atomic mass is 35.5. The Balaban J connectivity index is 1.84. The van der Waals surface area contributed by atoms with E-state index in [4.69, 9.17) is 27.6 Å². The summed E-state index contributed by atoms with van der Waals surface area (Å²) >= 11 is 12.5. The first-order chi connectivity index (χ1) is 15.7. The second kappa shape index (κ2) is 7.75. The van der Waals surface area contributed by atoms with Gasteiger partial charge in [-0.1, -0.05) is 35.3 Å². The van der Waals surface area contributed by atoms with Gasteiger partial charge < -0.3 is 4.42 Å².